The summed E-state index contributed by atoms with van der Waals surface area (Å²) in [6, 6.07) is 32.8. The molecule has 0 bridgehead atoms. The minimum atomic E-state index is -1.11. The summed E-state index contributed by atoms with van der Waals surface area (Å²) in [5.41, 5.74) is 8.12. The summed E-state index contributed by atoms with van der Waals surface area (Å²) >= 11 is 0. The number of phenolic OH excluding ortho intramolecular Hbond substituents is 3. The first kappa shape index (κ1) is 111. The summed E-state index contributed by atoms with van der Waals surface area (Å²) in [5, 5.41) is 84.2. The fourth-order valence-corrected chi connectivity index (χ4v) is 11.5. The van der Waals surface area contributed by atoms with Crippen LogP contribution in [0.5, 0.6) is 34.5 Å². The number of aliphatic carboxylic acids is 1. The number of aryl methyl sites for hydroxylation is 3. The Labute approximate surface area is 726 Å². The third kappa shape index (κ3) is 39.1. The van der Waals surface area contributed by atoms with E-state index in [4.69, 9.17) is 49.3 Å². The summed E-state index contributed by atoms with van der Waals surface area (Å²) in [4.78, 5) is 80.9. The number of ketones is 1. The Hall–Kier alpha value is -8.55. The minimum Gasteiger partial charge on any atom is -0.550 e. The molecule has 0 unspecified atom stereocenters. The number of aliphatic hydroxyl groups is 4. The number of aromatic hydroxyl groups is 3. The molecule has 118 heavy (non-hydrogen) atoms. The average molecular weight is 1660 g/mol. The molecule has 6 aromatic rings. The first-order chi connectivity index (χ1) is 53.2. The van der Waals surface area contributed by atoms with Crippen LogP contribution in [0.4, 0.5) is 17.1 Å². The number of phenols is 3. The zero-order valence-corrected chi connectivity index (χ0v) is 75.9. The molecule has 0 atom stereocenters. The van der Waals surface area contributed by atoms with E-state index in [2.05, 4.69) is 166 Å². The zero-order valence-electron chi connectivity index (χ0n) is 73.9. The third-order valence-corrected chi connectivity index (χ3v) is 19.2. The molecule has 6 rings (SSSR count). The number of hydrogen-bond acceptors (Lipinski definition) is 20. The van der Waals surface area contributed by atoms with E-state index in [0.717, 1.165) is 76.3 Å². The van der Waals surface area contributed by atoms with Gasteiger partial charge in [0.15, 0.2) is 19.0 Å². The molecule has 10 N–H and O–H groups in total. The van der Waals surface area contributed by atoms with Crippen molar-refractivity contribution in [2.75, 3.05) is 75.9 Å². The van der Waals surface area contributed by atoms with Crippen LogP contribution in [0.15, 0.2) is 109 Å². The number of carboxylic acid groups (broad SMARTS) is 1. The molecule has 0 radical (unpaired) electrons. The van der Waals surface area contributed by atoms with Gasteiger partial charge in [-0.2, -0.15) is 0 Å². The van der Waals surface area contributed by atoms with E-state index in [1.165, 1.54) is 14.0 Å². The molecule has 3 amide bonds. The number of nitrogens with one attached hydrogen (secondary N) is 3. The number of anilines is 3. The number of aliphatic hydroxyl groups excluding tert-OH is 4. The van der Waals surface area contributed by atoms with Crippen molar-refractivity contribution < 1.29 is 128 Å². The molecular formula is C94H142N3NaO20. The van der Waals surface area contributed by atoms with Crippen molar-refractivity contribution in [1.29, 1.82) is 0 Å². The Morgan fingerprint density at radius 3 is 0.780 bits per heavy atom. The van der Waals surface area contributed by atoms with Gasteiger partial charge in [-0.15, -0.1) is 0 Å². The Kier molecular flexibility index (Phi) is 47.7. The number of hydrogen-bond donors (Lipinski definition) is 10. The molecule has 23 nitrogen and oxygen atoms in total. The van der Waals surface area contributed by atoms with Crippen molar-refractivity contribution in [3.05, 3.63) is 159 Å². The quantitative estimate of drug-likeness (QED) is 0.0148. The number of Topliss-reactive ketones (excluding diaryl/α,β-unsaturated/α-hetero) is 1. The molecule has 0 spiro atoms. The molecule has 6 aromatic carbocycles. The number of benzene rings is 6. The maximum atomic E-state index is 12.7. The van der Waals surface area contributed by atoms with Gasteiger partial charge in [-0.3, -0.25) is 19.2 Å². The van der Waals surface area contributed by atoms with Gasteiger partial charge in [-0.05, 0) is 208 Å². The number of ether oxygens (including phenoxy) is 5. The Morgan fingerprint density at radius 1 is 0.373 bits per heavy atom. The second-order valence-electron chi connectivity index (χ2n) is 35.3. The predicted molar refractivity (Wildman–Crippen MR) is 465 cm³/mol. The van der Waals surface area contributed by atoms with Crippen LogP contribution >= 0.6 is 0 Å². The second-order valence-corrected chi connectivity index (χ2v) is 35.3. The van der Waals surface area contributed by atoms with Crippen LogP contribution in [-0.2, 0) is 94.8 Å². The minimum absolute atomic E-state index is 0. The smallest absolute Gasteiger partial charge is 0.550 e. The van der Waals surface area contributed by atoms with Gasteiger partial charge in [0.1, 0.15) is 41.1 Å². The fourth-order valence-electron chi connectivity index (χ4n) is 11.5. The van der Waals surface area contributed by atoms with Crippen molar-refractivity contribution in [3.63, 3.8) is 0 Å². The first-order valence-corrected chi connectivity index (χ1v) is 39.2. The van der Waals surface area contributed by atoms with Crippen LogP contribution in [-0.4, -0.2) is 137 Å². The van der Waals surface area contributed by atoms with Crippen LogP contribution in [0.1, 0.15) is 263 Å². The SMILES string of the molecule is C.C.CC(=O)COc1ccc(NC(=O)CCc2cc(C(C)(C)C)c(O)c(C(C)(C)C)c2)cc1.CC(=O)[O-].CCC(CC)(CC)COC(=O)COc1ccc(NC(=O)CCc2cc(C(C)(C)C)c(O)c(C(C)(C)C)c2)cc1.COC(=O)COc1ccc(NC(=O)CCc2cc(C(C)(C)C)c(O)c(C(C)(C)C)c2)cc1.OCC(CO)(CO)CO.[Na+]. The van der Waals surface area contributed by atoms with Crippen LogP contribution in [0.25, 0.3) is 0 Å². The number of amides is 3. The number of carbonyl (C=O) groups is 7. The summed E-state index contributed by atoms with van der Waals surface area (Å²) < 4.78 is 26.2. The average Bonchev–Trinajstić information content (AvgIpc) is 0.792. The van der Waals surface area contributed by atoms with E-state index >= 15 is 0 Å². The largest absolute Gasteiger partial charge is 1.00 e. The standard InChI is InChI=1S/C33H49NO5.C26H35NO5.C26H35NO4.C5H12O4.C2H4O2.2CH4.Na/c1-10-33(11-2,12-3)22-39-29(36)21-38-25-16-14-24(15-17-25)34-28(35)18-13-23-19-26(31(4,5)6)30(37)27(20-23)32(7,8)9;1-25(2,3)20-14-17(15-21(24(20)30)26(4,5)6)8-13-22(28)27-18-9-11-19(12-10-18)32-16-23(29)31-7;1-17(28)16-31-20-11-9-19(10-12-20)27-23(29)13-8-18-14-21(25(2,3)4)24(30)22(15-18)26(5,6)7;6-1-5(2-7,3-8)4-9;1-2(3)4;;;/h14-17,19-20,37H,10-13,18,21-22H2,1-9H3,(H,34,35);9-12,14-15,30H,8,13,16H2,1-7H3,(H,27,28);9-12,14-15,30H,8,13,16H2,1-7H3,(H,27,29);6-9H,1-4H2;1H3,(H,3,4);2*1H4;/q;;;;;;;+1/p-1. The number of rotatable bonds is 30. The summed E-state index contributed by atoms with van der Waals surface area (Å²) in [5.74, 6) is 0.414. The fraction of sp³-hybridized carbons (Fsp3) is 0.543. The molecule has 0 aromatic heterocycles. The topological polar surface area (TPSA) is 366 Å². The predicted octanol–water partition coefficient (Wildman–Crippen LogP) is 13.3. The maximum absolute atomic E-state index is 12.7. The number of methoxy groups -OCH3 is 1. The molecule has 0 aliphatic heterocycles. The molecule has 0 fully saturated rings. The molecule has 24 heteroatoms. The molecule has 0 aliphatic carbocycles. The van der Waals surface area contributed by atoms with Crippen molar-refractivity contribution in [1.82, 2.24) is 0 Å². The van der Waals surface area contributed by atoms with Crippen LogP contribution in [0.3, 0.4) is 0 Å². The number of esters is 2. The molecule has 654 valence electrons. The zero-order chi connectivity index (χ0) is 87.8. The van der Waals surface area contributed by atoms with Crippen LogP contribution < -0.4 is 64.8 Å². The van der Waals surface area contributed by atoms with Gasteiger partial charge in [0.25, 0.3) is 0 Å². The summed E-state index contributed by atoms with van der Waals surface area (Å²) in [6.07, 6.45) is 5.58. The van der Waals surface area contributed by atoms with Crippen molar-refractivity contribution in [2.45, 2.75) is 264 Å². The van der Waals surface area contributed by atoms with Gasteiger partial charge in [0.05, 0.1) is 45.6 Å². The monoisotopic (exact) mass is 1660 g/mol. The van der Waals surface area contributed by atoms with E-state index in [1.807, 2.05) is 36.4 Å². The molecule has 0 heterocycles. The van der Waals surface area contributed by atoms with Crippen LogP contribution in [0, 0.1) is 10.8 Å². The normalized spacial score (nSPS) is 11.5. The first-order valence-electron chi connectivity index (χ1n) is 39.2. The Morgan fingerprint density at radius 2 is 0.593 bits per heavy atom. The van der Waals surface area contributed by atoms with Gasteiger partial charge in [0, 0.05) is 47.7 Å². The number of carbonyl (C=O) groups excluding carboxylic acids is 7. The third-order valence-electron chi connectivity index (χ3n) is 19.2. The van der Waals surface area contributed by atoms with E-state index < -0.39 is 43.8 Å². The molecule has 0 aliphatic rings. The van der Waals surface area contributed by atoms with E-state index in [1.54, 1.807) is 72.8 Å². The van der Waals surface area contributed by atoms with E-state index in [-0.39, 0.29) is 132 Å². The molecular weight excluding hydrogens is 1510 g/mol. The van der Waals surface area contributed by atoms with Crippen molar-refractivity contribution in [3.8, 4) is 34.5 Å². The summed E-state index contributed by atoms with van der Waals surface area (Å²) in [7, 11) is 1.30. The van der Waals surface area contributed by atoms with Crippen molar-refractivity contribution in [2.24, 2.45) is 10.8 Å². The maximum Gasteiger partial charge on any atom is 1.00 e. The Balaban J connectivity index is 0. The van der Waals surface area contributed by atoms with Gasteiger partial charge >= 0.3 is 41.5 Å². The van der Waals surface area contributed by atoms with Gasteiger partial charge in [-0.25, -0.2) is 9.59 Å². The van der Waals surface area contributed by atoms with E-state index in [9.17, 15) is 44.1 Å². The van der Waals surface area contributed by atoms with Gasteiger partial charge in [0.2, 0.25) is 17.7 Å². The second kappa shape index (κ2) is 50.5. The van der Waals surface area contributed by atoms with Gasteiger partial charge < -0.3 is 85.3 Å². The van der Waals surface area contributed by atoms with E-state index in [0.29, 0.717) is 96.7 Å². The van der Waals surface area contributed by atoms with Gasteiger partial charge in [-0.1, -0.05) is 197 Å². The van der Waals surface area contributed by atoms with Crippen molar-refractivity contribution >= 4 is 58.5 Å². The molecule has 0 saturated carbocycles. The Bertz CT molecular complexity index is 3950. The number of carboxylic acids is 1. The summed E-state index contributed by atoms with van der Waals surface area (Å²) in [6.45, 7) is 44.7. The van der Waals surface area contributed by atoms with Crippen LogP contribution in [0.2, 0.25) is 0 Å². The molecule has 0 saturated heterocycles.